The number of carbonyl (C=O) groups excluding carboxylic acids is 1. The third-order valence-corrected chi connectivity index (χ3v) is 7.76. The molecule has 2 bridgehead atoms. The van der Waals surface area contributed by atoms with Crippen LogP contribution in [0.3, 0.4) is 0 Å². The lowest BCUT2D eigenvalue weighted by Gasteiger charge is -2.20. The molecule has 1 amide bonds. The van der Waals surface area contributed by atoms with Gasteiger partial charge in [0.15, 0.2) is 0 Å². The average molecular weight is 399 g/mol. The number of rotatable bonds is 4. The fourth-order valence-electron chi connectivity index (χ4n) is 3.39. The number of hydrogen-bond acceptors (Lipinski definition) is 4. The Morgan fingerprint density at radius 2 is 2.12 bits per heavy atom. The molecule has 2 saturated heterocycles. The number of nitrogens with one attached hydrogen (secondary N) is 2. The van der Waals surface area contributed by atoms with Gasteiger partial charge in [0, 0.05) is 23.0 Å². The van der Waals surface area contributed by atoms with Crippen LogP contribution in [0.1, 0.15) is 28.9 Å². The summed E-state index contributed by atoms with van der Waals surface area (Å²) in [7, 11) is 0. The fourth-order valence-corrected chi connectivity index (χ4v) is 5.91. The Morgan fingerprint density at radius 1 is 1.25 bits per heavy atom. The molecule has 2 N–H and O–H groups in total. The molecule has 0 spiro atoms. The Hall–Kier alpha value is -0.720. The van der Waals surface area contributed by atoms with E-state index in [1.807, 2.05) is 24.3 Å². The summed E-state index contributed by atoms with van der Waals surface area (Å²) in [5.41, 5.74) is 0. The molecule has 2 aliphatic rings. The lowest BCUT2D eigenvalue weighted by Crippen LogP contribution is -2.42. The van der Waals surface area contributed by atoms with E-state index in [2.05, 4.69) is 10.6 Å². The summed E-state index contributed by atoms with van der Waals surface area (Å²) < 4.78 is 1.02. The van der Waals surface area contributed by atoms with Gasteiger partial charge in [-0.25, -0.2) is 0 Å². The first kappa shape index (κ1) is 16.7. The molecule has 2 aromatic rings. The smallest absolute Gasteiger partial charge is 0.261 e. The minimum absolute atomic E-state index is 0.0170. The molecule has 0 saturated carbocycles. The molecule has 0 radical (unpaired) electrons. The lowest BCUT2D eigenvalue weighted by molar-refractivity contribution is 0.0935. The van der Waals surface area contributed by atoms with Crippen molar-refractivity contribution in [3.63, 3.8) is 0 Å². The van der Waals surface area contributed by atoms with E-state index in [9.17, 15) is 4.79 Å². The van der Waals surface area contributed by atoms with Crippen molar-refractivity contribution in [3.8, 4) is 0 Å². The maximum Gasteiger partial charge on any atom is 0.261 e. The summed E-state index contributed by atoms with van der Waals surface area (Å²) in [6, 6.07) is 10.7. The third kappa shape index (κ3) is 3.33. The lowest BCUT2D eigenvalue weighted by atomic mass is 9.95. The fraction of sp³-hybridized carbons (Fsp3) is 0.353. The molecule has 7 heteroatoms. The zero-order chi connectivity index (χ0) is 16.7. The Labute approximate surface area is 159 Å². The van der Waals surface area contributed by atoms with E-state index in [0.717, 1.165) is 26.8 Å². The van der Waals surface area contributed by atoms with Gasteiger partial charge in [0.1, 0.15) is 0 Å². The number of carbonyl (C=O) groups is 1. The van der Waals surface area contributed by atoms with Gasteiger partial charge < -0.3 is 10.6 Å². The number of halogens is 2. The zero-order valence-corrected chi connectivity index (χ0v) is 15.9. The molecule has 3 unspecified atom stereocenters. The van der Waals surface area contributed by atoms with Crippen LogP contribution in [0, 0.1) is 0 Å². The van der Waals surface area contributed by atoms with Gasteiger partial charge in [-0.1, -0.05) is 41.0 Å². The molecular weight excluding hydrogens is 383 g/mol. The second kappa shape index (κ2) is 6.89. The van der Waals surface area contributed by atoms with Crippen LogP contribution in [0.2, 0.25) is 10.0 Å². The molecule has 126 valence electrons. The van der Waals surface area contributed by atoms with E-state index in [1.54, 1.807) is 6.07 Å². The van der Waals surface area contributed by atoms with Gasteiger partial charge in [0.2, 0.25) is 0 Å². The maximum atomic E-state index is 12.5. The molecule has 0 aliphatic carbocycles. The Bertz CT molecular complexity index is 780. The van der Waals surface area contributed by atoms with E-state index in [0.29, 0.717) is 22.1 Å². The van der Waals surface area contributed by atoms with Gasteiger partial charge in [0.25, 0.3) is 5.91 Å². The van der Waals surface area contributed by atoms with Crippen molar-refractivity contribution >= 4 is 52.2 Å². The van der Waals surface area contributed by atoms with E-state index in [-0.39, 0.29) is 11.9 Å². The third-order valence-electron chi connectivity index (χ3n) is 4.55. The number of amides is 1. The van der Waals surface area contributed by atoms with Crippen molar-refractivity contribution in [2.45, 2.75) is 46.5 Å². The van der Waals surface area contributed by atoms with Crippen LogP contribution >= 0.6 is 46.3 Å². The standard InChI is InChI=1S/C17H16Cl2N2OS2/c18-10-2-1-3-13(16(10)19)23-15-7-6-14(24-15)17(22)21-12-8-9-4-5-11(12)20-9/h1-3,6-7,9,11-12,20H,4-5,8H2,(H,21,22). The van der Waals surface area contributed by atoms with Crippen LogP contribution in [0.4, 0.5) is 0 Å². The molecule has 1 aromatic heterocycles. The highest BCUT2D eigenvalue weighted by atomic mass is 35.5. The van der Waals surface area contributed by atoms with Gasteiger partial charge in [-0.05, 0) is 43.5 Å². The van der Waals surface area contributed by atoms with Crippen LogP contribution < -0.4 is 10.6 Å². The van der Waals surface area contributed by atoms with E-state index in [4.69, 9.17) is 23.2 Å². The van der Waals surface area contributed by atoms with Crippen molar-refractivity contribution in [3.05, 3.63) is 45.3 Å². The Morgan fingerprint density at radius 3 is 2.88 bits per heavy atom. The van der Waals surface area contributed by atoms with Gasteiger partial charge in [-0.15, -0.1) is 11.3 Å². The highest BCUT2D eigenvalue weighted by Crippen LogP contribution is 2.39. The van der Waals surface area contributed by atoms with Crippen molar-refractivity contribution in [1.82, 2.24) is 10.6 Å². The number of benzene rings is 1. The normalized spacial score (nSPS) is 25.2. The molecule has 1 aromatic carbocycles. The largest absolute Gasteiger partial charge is 0.347 e. The zero-order valence-electron chi connectivity index (χ0n) is 12.7. The summed E-state index contributed by atoms with van der Waals surface area (Å²) in [5, 5.41) is 7.81. The first-order valence-corrected chi connectivity index (χ1v) is 10.3. The topological polar surface area (TPSA) is 41.1 Å². The molecule has 3 nitrogen and oxygen atoms in total. The summed E-state index contributed by atoms with van der Waals surface area (Å²) in [6.45, 7) is 0. The minimum atomic E-state index is 0.0170. The SMILES string of the molecule is O=C(NC1CC2CCC1N2)c1ccc(Sc2cccc(Cl)c2Cl)s1. The summed E-state index contributed by atoms with van der Waals surface area (Å²) >= 11 is 15.3. The number of hydrogen-bond donors (Lipinski definition) is 2. The van der Waals surface area contributed by atoms with Gasteiger partial charge in [-0.3, -0.25) is 4.79 Å². The molecular formula is C17H16Cl2N2OS2. The first-order valence-electron chi connectivity index (χ1n) is 7.89. The molecule has 24 heavy (non-hydrogen) atoms. The molecule has 3 heterocycles. The van der Waals surface area contributed by atoms with Crippen LogP contribution in [-0.2, 0) is 0 Å². The van der Waals surface area contributed by atoms with E-state index >= 15 is 0 Å². The second-order valence-corrected chi connectivity index (χ2v) is 9.35. The van der Waals surface area contributed by atoms with Crippen molar-refractivity contribution in [2.75, 3.05) is 0 Å². The summed E-state index contributed by atoms with van der Waals surface area (Å²) in [4.78, 5) is 14.1. The Balaban J connectivity index is 1.42. The van der Waals surface area contributed by atoms with Crippen LogP contribution in [0.15, 0.2) is 39.4 Å². The van der Waals surface area contributed by atoms with Crippen LogP contribution in [0.25, 0.3) is 0 Å². The van der Waals surface area contributed by atoms with E-state index < -0.39 is 0 Å². The molecule has 2 fully saturated rings. The predicted molar refractivity (Wildman–Crippen MR) is 101 cm³/mol. The summed E-state index contributed by atoms with van der Waals surface area (Å²) in [5.74, 6) is 0.0170. The van der Waals surface area contributed by atoms with Crippen molar-refractivity contribution < 1.29 is 4.79 Å². The molecule has 4 rings (SSSR count). The van der Waals surface area contributed by atoms with Crippen molar-refractivity contribution in [1.29, 1.82) is 0 Å². The number of thiophene rings is 1. The number of fused-ring (bicyclic) bond motifs is 2. The molecule has 3 atom stereocenters. The quantitative estimate of drug-likeness (QED) is 0.774. The highest BCUT2D eigenvalue weighted by Gasteiger charge is 2.39. The van der Waals surface area contributed by atoms with Crippen LogP contribution in [-0.4, -0.2) is 24.0 Å². The van der Waals surface area contributed by atoms with Gasteiger partial charge in [0.05, 0.1) is 19.1 Å². The monoisotopic (exact) mass is 398 g/mol. The molecule has 2 aliphatic heterocycles. The van der Waals surface area contributed by atoms with Crippen molar-refractivity contribution in [2.24, 2.45) is 0 Å². The Kier molecular flexibility index (Phi) is 4.80. The van der Waals surface area contributed by atoms with Crippen LogP contribution in [0.5, 0.6) is 0 Å². The second-order valence-electron chi connectivity index (χ2n) is 6.14. The first-order chi connectivity index (χ1) is 11.6. The predicted octanol–water partition coefficient (Wildman–Crippen LogP) is 4.83. The highest BCUT2D eigenvalue weighted by molar-refractivity contribution is 8.01. The van der Waals surface area contributed by atoms with Gasteiger partial charge >= 0.3 is 0 Å². The average Bonchev–Trinajstić information content (AvgIpc) is 3.28. The van der Waals surface area contributed by atoms with E-state index in [1.165, 1.54) is 29.5 Å². The minimum Gasteiger partial charge on any atom is -0.347 e. The maximum absolute atomic E-state index is 12.5. The summed E-state index contributed by atoms with van der Waals surface area (Å²) in [6.07, 6.45) is 3.44. The van der Waals surface area contributed by atoms with Gasteiger partial charge in [-0.2, -0.15) is 0 Å².